The van der Waals surface area contributed by atoms with E-state index in [0.717, 1.165) is 26.3 Å². The largest absolute Gasteiger partial charge is 0.379 e. The van der Waals surface area contributed by atoms with E-state index in [1.807, 2.05) is 0 Å². The maximum absolute atomic E-state index is 12.4. The van der Waals surface area contributed by atoms with E-state index in [9.17, 15) is 4.79 Å². The molecule has 0 aliphatic carbocycles. The number of hydrogen-bond acceptors (Lipinski definition) is 5. The summed E-state index contributed by atoms with van der Waals surface area (Å²) >= 11 is 3.36. The van der Waals surface area contributed by atoms with E-state index in [1.54, 1.807) is 23.1 Å². The number of nitrogens with zero attached hydrogens (tertiary/aromatic N) is 1. The van der Waals surface area contributed by atoms with Gasteiger partial charge in [0.15, 0.2) is 0 Å². The Morgan fingerprint density at radius 1 is 1.31 bits per heavy atom. The van der Waals surface area contributed by atoms with Gasteiger partial charge in [0.05, 0.1) is 25.0 Å². The summed E-state index contributed by atoms with van der Waals surface area (Å²) in [4.78, 5) is 17.3. The SMILES string of the molecule is Cc1ccc(C)c(SCC(=O)NC[C@@H](c2cccs2)N2CCOCC2)c1. The lowest BCUT2D eigenvalue weighted by Crippen LogP contribution is -2.43. The first kappa shape index (κ1) is 19.4. The Morgan fingerprint density at radius 2 is 2.12 bits per heavy atom. The average molecular weight is 391 g/mol. The van der Waals surface area contributed by atoms with Crippen LogP contribution in [-0.2, 0) is 9.53 Å². The van der Waals surface area contributed by atoms with E-state index in [4.69, 9.17) is 4.74 Å². The van der Waals surface area contributed by atoms with Crippen LogP contribution in [0.3, 0.4) is 0 Å². The Hall–Kier alpha value is -1.34. The second-order valence-corrected chi connectivity index (χ2v) is 8.54. The Morgan fingerprint density at radius 3 is 2.85 bits per heavy atom. The minimum atomic E-state index is 0.0886. The van der Waals surface area contributed by atoms with Gasteiger partial charge in [0.1, 0.15) is 0 Å². The Labute approximate surface area is 163 Å². The summed E-state index contributed by atoms with van der Waals surface area (Å²) in [5.74, 6) is 0.538. The molecule has 6 heteroatoms. The molecule has 140 valence electrons. The van der Waals surface area contributed by atoms with E-state index in [2.05, 4.69) is 59.8 Å². The third-order valence-corrected chi connectivity index (χ3v) is 6.68. The third-order valence-electron chi connectivity index (χ3n) is 4.55. The number of rotatable bonds is 7. The third kappa shape index (κ3) is 5.33. The summed E-state index contributed by atoms with van der Waals surface area (Å²) in [6, 6.07) is 10.8. The molecule has 0 spiro atoms. The monoisotopic (exact) mass is 390 g/mol. The van der Waals surface area contributed by atoms with Crippen molar-refractivity contribution in [2.24, 2.45) is 0 Å². The minimum absolute atomic E-state index is 0.0886. The summed E-state index contributed by atoms with van der Waals surface area (Å²) < 4.78 is 5.47. The highest BCUT2D eigenvalue weighted by Crippen LogP contribution is 2.26. The normalized spacial score (nSPS) is 16.4. The maximum atomic E-state index is 12.4. The van der Waals surface area contributed by atoms with Crippen LogP contribution in [0.15, 0.2) is 40.6 Å². The van der Waals surface area contributed by atoms with Gasteiger partial charge in [-0.2, -0.15) is 0 Å². The van der Waals surface area contributed by atoms with Crippen molar-refractivity contribution >= 4 is 29.0 Å². The van der Waals surface area contributed by atoms with Crippen LogP contribution in [0.2, 0.25) is 0 Å². The smallest absolute Gasteiger partial charge is 0.230 e. The molecule has 2 aromatic rings. The molecule has 1 aromatic carbocycles. The molecule has 2 heterocycles. The molecule has 0 radical (unpaired) electrons. The zero-order chi connectivity index (χ0) is 18.4. The minimum Gasteiger partial charge on any atom is -0.379 e. The van der Waals surface area contributed by atoms with Crippen molar-refractivity contribution in [1.82, 2.24) is 10.2 Å². The number of nitrogens with one attached hydrogen (secondary N) is 1. The van der Waals surface area contributed by atoms with Crippen LogP contribution in [0.1, 0.15) is 22.0 Å². The quantitative estimate of drug-likeness (QED) is 0.733. The second kappa shape index (κ2) is 9.55. The first-order valence-corrected chi connectivity index (χ1v) is 10.8. The summed E-state index contributed by atoms with van der Waals surface area (Å²) in [5, 5.41) is 5.24. The van der Waals surface area contributed by atoms with Crippen LogP contribution in [0, 0.1) is 13.8 Å². The summed E-state index contributed by atoms with van der Waals surface area (Å²) in [5.41, 5.74) is 2.45. The molecule has 1 aliphatic heterocycles. The summed E-state index contributed by atoms with van der Waals surface area (Å²) in [6.45, 7) is 8.16. The van der Waals surface area contributed by atoms with Crippen molar-refractivity contribution < 1.29 is 9.53 Å². The first-order valence-electron chi connectivity index (χ1n) is 8.95. The first-order chi connectivity index (χ1) is 12.6. The fourth-order valence-corrected chi connectivity index (χ4v) is 4.86. The highest BCUT2D eigenvalue weighted by molar-refractivity contribution is 8.00. The van der Waals surface area contributed by atoms with Gasteiger partial charge in [-0.05, 0) is 36.9 Å². The van der Waals surface area contributed by atoms with Gasteiger partial charge < -0.3 is 10.1 Å². The predicted molar refractivity (Wildman–Crippen MR) is 109 cm³/mol. The molecule has 1 N–H and O–H groups in total. The lowest BCUT2D eigenvalue weighted by molar-refractivity contribution is -0.118. The molecule has 1 saturated heterocycles. The Balaban J connectivity index is 1.54. The molecule has 1 aliphatic rings. The molecule has 4 nitrogen and oxygen atoms in total. The fourth-order valence-electron chi connectivity index (χ4n) is 3.05. The number of carbonyl (C=O) groups is 1. The zero-order valence-electron chi connectivity index (χ0n) is 15.4. The molecule has 0 unspecified atom stereocenters. The number of morpholine rings is 1. The molecule has 3 rings (SSSR count). The van der Waals surface area contributed by atoms with Crippen LogP contribution in [0.5, 0.6) is 0 Å². The number of ether oxygens (including phenoxy) is 1. The van der Waals surface area contributed by atoms with E-state index >= 15 is 0 Å². The number of carbonyl (C=O) groups excluding carboxylic acids is 1. The average Bonchev–Trinajstić information content (AvgIpc) is 3.18. The highest BCUT2D eigenvalue weighted by Gasteiger charge is 2.23. The van der Waals surface area contributed by atoms with Crippen molar-refractivity contribution in [1.29, 1.82) is 0 Å². The van der Waals surface area contributed by atoms with E-state index in [-0.39, 0.29) is 11.9 Å². The van der Waals surface area contributed by atoms with Gasteiger partial charge in [0, 0.05) is 29.4 Å². The number of hydrogen-bond donors (Lipinski definition) is 1. The zero-order valence-corrected chi connectivity index (χ0v) is 17.0. The van der Waals surface area contributed by atoms with Crippen LogP contribution in [0.4, 0.5) is 0 Å². The van der Waals surface area contributed by atoms with Gasteiger partial charge in [-0.1, -0.05) is 23.8 Å². The predicted octanol–water partition coefficient (Wildman–Crippen LogP) is 3.65. The van der Waals surface area contributed by atoms with Crippen LogP contribution in [-0.4, -0.2) is 49.4 Å². The second-order valence-electron chi connectivity index (χ2n) is 6.54. The molecular weight excluding hydrogens is 364 g/mol. The Bertz CT molecular complexity index is 713. The number of thiophene rings is 1. The van der Waals surface area contributed by atoms with Gasteiger partial charge >= 0.3 is 0 Å². The van der Waals surface area contributed by atoms with E-state index in [0.29, 0.717) is 12.3 Å². The molecule has 1 amide bonds. The number of aryl methyl sites for hydroxylation is 2. The van der Waals surface area contributed by atoms with Gasteiger partial charge in [-0.25, -0.2) is 0 Å². The van der Waals surface area contributed by atoms with Crippen LogP contribution >= 0.6 is 23.1 Å². The van der Waals surface area contributed by atoms with Crippen molar-refractivity contribution in [3.63, 3.8) is 0 Å². The molecule has 0 saturated carbocycles. The molecule has 0 bridgehead atoms. The van der Waals surface area contributed by atoms with Crippen LogP contribution < -0.4 is 5.32 Å². The van der Waals surface area contributed by atoms with Gasteiger partial charge in [0.2, 0.25) is 5.91 Å². The van der Waals surface area contributed by atoms with Crippen molar-refractivity contribution in [2.45, 2.75) is 24.8 Å². The van der Waals surface area contributed by atoms with Crippen molar-refractivity contribution in [3.8, 4) is 0 Å². The molecule has 1 fully saturated rings. The topological polar surface area (TPSA) is 41.6 Å². The van der Waals surface area contributed by atoms with E-state index in [1.165, 1.54) is 20.9 Å². The number of amides is 1. The number of thioether (sulfide) groups is 1. The van der Waals surface area contributed by atoms with Gasteiger partial charge in [0.25, 0.3) is 0 Å². The van der Waals surface area contributed by atoms with Crippen molar-refractivity contribution in [3.05, 3.63) is 51.7 Å². The lowest BCUT2D eigenvalue weighted by atomic mass is 10.2. The Kier molecular flexibility index (Phi) is 7.14. The fraction of sp³-hybridized carbons (Fsp3) is 0.450. The number of benzene rings is 1. The lowest BCUT2D eigenvalue weighted by Gasteiger charge is -2.34. The standard InChI is InChI=1S/C20H26N2O2S2/c1-15-5-6-16(2)19(12-15)26-14-20(23)21-13-17(18-4-3-11-25-18)22-7-9-24-10-8-22/h3-6,11-12,17H,7-10,13-14H2,1-2H3,(H,21,23)/t17-/m0/s1. The van der Waals surface area contributed by atoms with E-state index < -0.39 is 0 Å². The maximum Gasteiger partial charge on any atom is 0.230 e. The molecular formula is C20H26N2O2S2. The van der Waals surface area contributed by atoms with Crippen LogP contribution in [0.25, 0.3) is 0 Å². The van der Waals surface area contributed by atoms with Gasteiger partial charge in [-0.15, -0.1) is 23.1 Å². The summed E-state index contributed by atoms with van der Waals surface area (Å²) in [6.07, 6.45) is 0. The summed E-state index contributed by atoms with van der Waals surface area (Å²) in [7, 11) is 0. The molecule has 1 aromatic heterocycles. The molecule has 1 atom stereocenters. The molecule has 26 heavy (non-hydrogen) atoms. The van der Waals surface area contributed by atoms with Crippen molar-refractivity contribution in [2.75, 3.05) is 38.6 Å². The highest BCUT2D eigenvalue weighted by atomic mass is 32.2. The van der Waals surface area contributed by atoms with Gasteiger partial charge in [-0.3, -0.25) is 9.69 Å².